The molecule has 0 aliphatic rings. The van der Waals surface area contributed by atoms with Crippen LogP contribution in [0.1, 0.15) is 11.1 Å². The summed E-state index contributed by atoms with van der Waals surface area (Å²) in [6, 6.07) is 15.8. The molecule has 2 aromatic carbocycles. The lowest BCUT2D eigenvalue weighted by molar-refractivity contribution is -0.385. The number of nitro groups is 1. The van der Waals surface area contributed by atoms with Gasteiger partial charge in [0.2, 0.25) is 5.91 Å². The highest BCUT2D eigenvalue weighted by atomic mass is 16.6. The summed E-state index contributed by atoms with van der Waals surface area (Å²) in [6.07, 6.45) is 2.74. The van der Waals surface area contributed by atoms with Gasteiger partial charge >= 0.3 is 0 Å². The minimum atomic E-state index is -0.471. The maximum absolute atomic E-state index is 11.7. The van der Waals surface area contributed by atoms with Crippen LogP contribution < -0.4 is 5.32 Å². The number of nitro benzene ring substituents is 1. The molecule has 0 bridgehead atoms. The van der Waals surface area contributed by atoms with Crippen LogP contribution in [0.3, 0.4) is 0 Å². The second kappa shape index (κ2) is 7.00. The Morgan fingerprint density at radius 1 is 1.10 bits per heavy atom. The van der Waals surface area contributed by atoms with Gasteiger partial charge in [0.25, 0.3) is 5.69 Å². The molecule has 1 amide bonds. The Bertz CT molecular complexity index is 666. The minimum Gasteiger partial charge on any atom is -0.348 e. The van der Waals surface area contributed by atoms with Crippen LogP contribution in [0.4, 0.5) is 5.69 Å². The number of amides is 1. The fraction of sp³-hybridized carbons (Fsp3) is 0.0625. The van der Waals surface area contributed by atoms with E-state index < -0.39 is 4.92 Å². The molecule has 0 aromatic heterocycles. The first-order valence-electron chi connectivity index (χ1n) is 6.40. The number of para-hydroxylation sites is 1. The molecule has 21 heavy (non-hydrogen) atoms. The number of carbonyl (C=O) groups is 1. The molecule has 5 heteroatoms. The van der Waals surface area contributed by atoms with Crippen LogP contribution >= 0.6 is 0 Å². The summed E-state index contributed by atoms with van der Waals surface area (Å²) in [4.78, 5) is 22.1. The van der Waals surface area contributed by atoms with Gasteiger partial charge in [0.1, 0.15) is 0 Å². The highest BCUT2D eigenvalue weighted by Crippen LogP contribution is 2.18. The average molecular weight is 282 g/mol. The van der Waals surface area contributed by atoms with Gasteiger partial charge in [-0.05, 0) is 17.7 Å². The van der Waals surface area contributed by atoms with Crippen LogP contribution in [0.25, 0.3) is 6.08 Å². The maximum Gasteiger partial charge on any atom is 0.276 e. The van der Waals surface area contributed by atoms with Gasteiger partial charge in [-0.2, -0.15) is 0 Å². The van der Waals surface area contributed by atoms with E-state index in [0.717, 1.165) is 5.56 Å². The number of carbonyl (C=O) groups excluding carboxylic acids is 1. The molecule has 2 aromatic rings. The van der Waals surface area contributed by atoms with Gasteiger partial charge < -0.3 is 5.32 Å². The quantitative estimate of drug-likeness (QED) is 0.520. The number of hydrogen-bond acceptors (Lipinski definition) is 3. The predicted octanol–water partition coefficient (Wildman–Crippen LogP) is 2.92. The predicted molar refractivity (Wildman–Crippen MR) is 80.4 cm³/mol. The van der Waals surface area contributed by atoms with Crippen LogP contribution in [-0.2, 0) is 11.3 Å². The molecule has 0 atom stereocenters. The first-order valence-corrected chi connectivity index (χ1v) is 6.40. The fourth-order valence-corrected chi connectivity index (χ4v) is 1.80. The normalized spacial score (nSPS) is 10.5. The third kappa shape index (κ3) is 4.28. The molecule has 0 saturated carbocycles. The zero-order valence-electron chi connectivity index (χ0n) is 11.2. The van der Waals surface area contributed by atoms with Crippen LogP contribution in [0.15, 0.2) is 60.7 Å². The van der Waals surface area contributed by atoms with Crippen molar-refractivity contribution in [3.05, 3.63) is 81.9 Å². The van der Waals surface area contributed by atoms with Crippen molar-refractivity contribution in [3.8, 4) is 0 Å². The van der Waals surface area contributed by atoms with Crippen molar-refractivity contribution in [2.75, 3.05) is 0 Å². The number of nitrogens with zero attached hydrogens (tertiary/aromatic N) is 1. The molecule has 0 heterocycles. The van der Waals surface area contributed by atoms with Gasteiger partial charge in [-0.1, -0.05) is 42.5 Å². The second-order valence-electron chi connectivity index (χ2n) is 4.35. The van der Waals surface area contributed by atoms with Crippen LogP contribution in [0, 0.1) is 10.1 Å². The average Bonchev–Trinajstić information content (AvgIpc) is 2.52. The lowest BCUT2D eigenvalue weighted by Crippen LogP contribution is -2.20. The Labute approximate surface area is 122 Å². The summed E-state index contributed by atoms with van der Waals surface area (Å²) in [5, 5.41) is 13.6. The Balaban J connectivity index is 1.98. The standard InChI is InChI=1S/C16H14N2O3/c19-16(17-12-13-6-2-1-3-7-13)11-10-14-8-4-5-9-15(14)18(20)21/h1-11H,12H2,(H,17,19). The van der Waals surface area contributed by atoms with E-state index >= 15 is 0 Å². The Morgan fingerprint density at radius 3 is 2.48 bits per heavy atom. The molecule has 0 saturated heterocycles. The van der Waals surface area contributed by atoms with Gasteiger partial charge in [0, 0.05) is 18.7 Å². The summed E-state index contributed by atoms with van der Waals surface area (Å²) in [5.74, 6) is -0.294. The Hall–Kier alpha value is -2.95. The molecular formula is C16H14N2O3. The molecule has 0 radical (unpaired) electrons. The summed E-state index contributed by atoms with van der Waals surface area (Å²) < 4.78 is 0. The molecule has 2 rings (SSSR count). The highest BCUT2D eigenvalue weighted by molar-refractivity contribution is 5.92. The van der Waals surface area contributed by atoms with E-state index in [1.54, 1.807) is 18.2 Å². The summed E-state index contributed by atoms with van der Waals surface area (Å²) in [5.41, 5.74) is 1.37. The molecule has 0 spiro atoms. The van der Waals surface area contributed by atoms with Crippen molar-refractivity contribution in [1.82, 2.24) is 5.32 Å². The number of hydrogen-bond donors (Lipinski definition) is 1. The molecule has 0 aliphatic carbocycles. The largest absolute Gasteiger partial charge is 0.348 e. The van der Waals surface area contributed by atoms with E-state index in [9.17, 15) is 14.9 Å². The van der Waals surface area contributed by atoms with Gasteiger partial charge in [-0.3, -0.25) is 14.9 Å². The van der Waals surface area contributed by atoms with E-state index in [2.05, 4.69) is 5.32 Å². The SMILES string of the molecule is O=C(C=Cc1ccccc1[N+](=O)[O-])NCc1ccccc1. The lowest BCUT2D eigenvalue weighted by atomic mass is 10.1. The summed E-state index contributed by atoms with van der Waals surface area (Å²) >= 11 is 0. The van der Waals surface area contributed by atoms with Crippen molar-refractivity contribution < 1.29 is 9.72 Å². The lowest BCUT2D eigenvalue weighted by Gasteiger charge is -2.02. The van der Waals surface area contributed by atoms with E-state index in [1.165, 1.54) is 18.2 Å². The van der Waals surface area contributed by atoms with Crippen LogP contribution in [-0.4, -0.2) is 10.8 Å². The minimum absolute atomic E-state index is 0.0235. The maximum atomic E-state index is 11.7. The van der Waals surface area contributed by atoms with E-state index in [0.29, 0.717) is 12.1 Å². The van der Waals surface area contributed by atoms with Crippen molar-refractivity contribution in [2.45, 2.75) is 6.54 Å². The van der Waals surface area contributed by atoms with Gasteiger partial charge in [0.05, 0.1) is 10.5 Å². The van der Waals surface area contributed by atoms with E-state index in [4.69, 9.17) is 0 Å². The third-order valence-electron chi connectivity index (χ3n) is 2.86. The number of benzene rings is 2. The molecule has 0 unspecified atom stereocenters. The van der Waals surface area contributed by atoms with Gasteiger partial charge in [-0.25, -0.2) is 0 Å². The van der Waals surface area contributed by atoms with E-state index in [-0.39, 0.29) is 11.6 Å². The van der Waals surface area contributed by atoms with Crippen molar-refractivity contribution >= 4 is 17.7 Å². The van der Waals surface area contributed by atoms with Gasteiger partial charge in [0.15, 0.2) is 0 Å². The first-order chi connectivity index (χ1) is 10.2. The van der Waals surface area contributed by atoms with Crippen LogP contribution in [0.5, 0.6) is 0 Å². The highest BCUT2D eigenvalue weighted by Gasteiger charge is 2.09. The Kier molecular flexibility index (Phi) is 4.82. The molecule has 5 nitrogen and oxygen atoms in total. The van der Waals surface area contributed by atoms with Crippen molar-refractivity contribution in [1.29, 1.82) is 0 Å². The zero-order valence-corrected chi connectivity index (χ0v) is 11.2. The summed E-state index contributed by atoms with van der Waals surface area (Å²) in [6.45, 7) is 0.418. The first kappa shape index (κ1) is 14.5. The van der Waals surface area contributed by atoms with Gasteiger partial charge in [-0.15, -0.1) is 0 Å². The van der Waals surface area contributed by atoms with Crippen LogP contribution in [0.2, 0.25) is 0 Å². The zero-order chi connectivity index (χ0) is 15.1. The molecule has 106 valence electrons. The van der Waals surface area contributed by atoms with Crippen molar-refractivity contribution in [3.63, 3.8) is 0 Å². The molecule has 0 fully saturated rings. The summed E-state index contributed by atoms with van der Waals surface area (Å²) in [7, 11) is 0. The topological polar surface area (TPSA) is 72.2 Å². The second-order valence-corrected chi connectivity index (χ2v) is 4.35. The number of nitrogens with one attached hydrogen (secondary N) is 1. The van der Waals surface area contributed by atoms with E-state index in [1.807, 2.05) is 30.3 Å². The fourth-order valence-electron chi connectivity index (χ4n) is 1.80. The molecule has 1 N–H and O–H groups in total. The Morgan fingerprint density at radius 2 is 1.76 bits per heavy atom. The number of rotatable bonds is 5. The third-order valence-corrected chi connectivity index (χ3v) is 2.86. The van der Waals surface area contributed by atoms with Crippen molar-refractivity contribution in [2.24, 2.45) is 0 Å². The smallest absolute Gasteiger partial charge is 0.276 e. The molecule has 0 aliphatic heterocycles. The monoisotopic (exact) mass is 282 g/mol. The molecular weight excluding hydrogens is 268 g/mol.